The topological polar surface area (TPSA) is 63.6 Å². The summed E-state index contributed by atoms with van der Waals surface area (Å²) in [6.45, 7) is 4.15. The fraction of sp³-hybridized carbons (Fsp3) is 0.647. The molecule has 0 bridgehead atoms. The Labute approximate surface area is 234 Å². The van der Waals surface area contributed by atoms with E-state index in [4.69, 9.17) is 9.84 Å². The van der Waals surface area contributed by atoms with Crippen molar-refractivity contribution in [1.29, 1.82) is 0 Å². The Morgan fingerprint density at radius 1 is 0.605 bits per heavy atom. The number of rotatable bonds is 26. The molecule has 0 aliphatic rings. The monoisotopic (exact) mass is 528 g/mol. The Morgan fingerprint density at radius 2 is 1.05 bits per heavy atom. The van der Waals surface area contributed by atoms with Crippen LogP contribution in [0.15, 0.2) is 60.8 Å². The van der Waals surface area contributed by atoms with Crippen LogP contribution in [0.4, 0.5) is 0 Å². The van der Waals surface area contributed by atoms with Gasteiger partial charge in [-0.1, -0.05) is 113 Å². The minimum absolute atomic E-state index is 0.00503. The van der Waals surface area contributed by atoms with Gasteiger partial charge in [-0.05, 0) is 71.1 Å². The fourth-order valence-corrected chi connectivity index (χ4v) is 4.02. The van der Waals surface area contributed by atoms with Crippen LogP contribution in [-0.4, -0.2) is 23.1 Å². The molecule has 0 aliphatic carbocycles. The molecule has 0 aliphatic heterocycles. The molecule has 0 saturated heterocycles. The van der Waals surface area contributed by atoms with Gasteiger partial charge in [0.15, 0.2) is 0 Å². The molecule has 0 amide bonds. The van der Waals surface area contributed by atoms with Gasteiger partial charge in [-0.3, -0.25) is 9.59 Å². The summed E-state index contributed by atoms with van der Waals surface area (Å²) in [7, 11) is 0. The van der Waals surface area contributed by atoms with Crippen LogP contribution in [-0.2, 0) is 14.3 Å². The Bertz CT molecular complexity index is 699. The number of ether oxygens (including phenoxy) is 1. The van der Waals surface area contributed by atoms with E-state index in [1.807, 2.05) is 6.92 Å². The van der Waals surface area contributed by atoms with Crippen LogP contribution in [0.3, 0.4) is 0 Å². The van der Waals surface area contributed by atoms with E-state index in [0.717, 1.165) is 77.0 Å². The van der Waals surface area contributed by atoms with E-state index in [9.17, 15) is 9.59 Å². The van der Waals surface area contributed by atoms with Crippen molar-refractivity contribution in [2.24, 2.45) is 0 Å². The number of aliphatic carboxylic acids is 1. The summed E-state index contributed by atoms with van der Waals surface area (Å²) in [6, 6.07) is 0. The molecule has 0 fully saturated rings. The van der Waals surface area contributed by atoms with E-state index in [-0.39, 0.29) is 12.1 Å². The molecule has 0 radical (unpaired) electrons. The minimum Gasteiger partial charge on any atom is -0.481 e. The van der Waals surface area contributed by atoms with Crippen LogP contribution >= 0.6 is 0 Å². The predicted molar refractivity (Wildman–Crippen MR) is 162 cm³/mol. The normalized spacial score (nSPS) is 13.1. The van der Waals surface area contributed by atoms with E-state index in [0.29, 0.717) is 12.8 Å². The molecule has 1 atom stereocenters. The van der Waals surface area contributed by atoms with Gasteiger partial charge in [0.1, 0.15) is 0 Å². The van der Waals surface area contributed by atoms with Crippen molar-refractivity contribution in [2.45, 2.75) is 142 Å². The molecule has 1 N–H and O–H groups in total. The lowest BCUT2D eigenvalue weighted by atomic mass is 10.0. The van der Waals surface area contributed by atoms with Crippen LogP contribution in [0, 0.1) is 0 Å². The molecule has 4 heteroatoms. The SMILES string of the molecule is CC/C=C\C/C=C\C/C=C\C/C=C\C/C=C\CCCC(=O)OC(C)CCCCCCCCCCCC(=O)O. The molecule has 0 aromatic heterocycles. The molecule has 0 heterocycles. The molecular formula is C34H56O4. The summed E-state index contributed by atoms with van der Waals surface area (Å²) >= 11 is 0. The Morgan fingerprint density at radius 3 is 1.55 bits per heavy atom. The number of allylic oxidation sites excluding steroid dienone is 10. The van der Waals surface area contributed by atoms with Gasteiger partial charge in [0.2, 0.25) is 0 Å². The van der Waals surface area contributed by atoms with Gasteiger partial charge in [-0.2, -0.15) is 0 Å². The molecule has 0 rings (SSSR count). The molecule has 38 heavy (non-hydrogen) atoms. The zero-order valence-corrected chi connectivity index (χ0v) is 24.5. The van der Waals surface area contributed by atoms with E-state index in [1.54, 1.807) is 0 Å². The molecule has 216 valence electrons. The zero-order valence-electron chi connectivity index (χ0n) is 24.5. The Kier molecular flexibility index (Phi) is 27.4. The average molecular weight is 529 g/mol. The second-order valence-electron chi connectivity index (χ2n) is 10.0. The quantitative estimate of drug-likeness (QED) is 0.0689. The lowest BCUT2D eigenvalue weighted by Gasteiger charge is -2.13. The number of carboxylic acids is 1. The number of carbonyl (C=O) groups excluding carboxylic acids is 1. The second-order valence-corrected chi connectivity index (χ2v) is 10.0. The number of carbonyl (C=O) groups is 2. The highest BCUT2D eigenvalue weighted by molar-refractivity contribution is 5.69. The van der Waals surface area contributed by atoms with E-state index >= 15 is 0 Å². The first-order valence-electron chi connectivity index (χ1n) is 15.2. The number of esters is 1. The van der Waals surface area contributed by atoms with Crippen molar-refractivity contribution in [2.75, 3.05) is 0 Å². The van der Waals surface area contributed by atoms with Gasteiger partial charge < -0.3 is 9.84 Å². The maximum atomic E-state index is 12.0. The van der Waals surface area contributed by atoms with Crippen molar-refractivity contribution >= 4 is 11.9 Å². The van der Waals surface area contributed by atoms with Crippen molar-refractivity contribution in [3.63, 3.8) is 0 Å². The van der Waals surface area contributed by atoms with Crippen LogP contribution in [0.5, 0.6) is 0 Å². The van der Waals surface area contributed by atoms with Crippen molar-refractivity contribution < 1.29 is 19.4 Å². The first-order chi connectivity index (χ1) is 18.6. The summed E-state index contributed by atoms with van der Waals surface area (Å²) in [4.78, 5) is 22.5. The number of hydrogen-bond donors (Lipinski definition) is 1. The third kappa shape index (κ3) is 29.9. The van der Waals surface area contributed by atoms with Crippen LogP contribution in [0.25, 0.3) is 0 Å². The molecule has 0 saturated carbocycles. The van der Waals surface area contributed by atoms with E-state index < -0.39 is 5.97 Å². The third-order valence-electron chi connectivity index (χ3n) is 6.24. The number of hydrogen-bond acceptors (Lipinski definition) is 3. The highest BCUT2D eigenvalue weighted by atomic mass is 16.5. The van der Waals surface area contributed by atoms with E-state index in [2.05, 4.69) is 67.7 Å². The maximum absolute atomic E-state index is 12.0. The van der Waals surface area contributed by atoms with Crippen molar-refractivity contribution in [3.05, 3.63) is 60.8 Å². The lowest BCUT2D eigenvalue weighted by Crippen LogP contribution is -2.14. The highest BCUT2D eigenvalue weighted by Crippen LogP contribution is 2.13. The summed E-state index contributed by atoms with van der Waals surface area (Å²) < 4.78 is 5.55. The molecule has 0 spiro atoms. The third-order valence-corrected chi connectivity index (χ3v) is 6.24. The average Bonchev–Trinajstić information content (AvgIpc) is 2.88. The number of carboxylic acid groups (broad SMARTS) is 1. The maximum Gasteiger partial charge on any atom is 0.306 e. The van der Waals surface area contributed by atoms with Crippen LogP contribution < -0.4 is 0 Å². The minimum atomic E-state index is -0.689. The van der Waals surface area contributed by atoms with Gasteiger partial charge >= 0.3 is 11.9 Å². The van der Waals surface area contributed by atoms with Crippen LogP contribution in [0.2, 0.25) is 0 Å². The fourth-order valence-electron chi connectivity index (χ4n) is 4.02. The summed E-state index contributed by atoms with van der Waals surface area (Å²) in [5.74, 6) is -0.765. The van der Waals surface area contributed by atoms with Crippen LogP contribution in [0.1, 0.15) is 136 Å². The molecular weight excluding hydrogens is 472 g/mol. The van der Waals surface area contributed by atoms with Gasteiger partial charge in [0.25, 0.3) is 0 Å². The molecule has 1 unspecified atom stereocenters. The zero-order chi connectivity index (χ0) is 27.9. The van der Waals surface area contributed by atoms with E-state index in [1.165, 1.54) is 32.1 Å². The van der Waals surface area contributed by atoms with Gasteiger partial charge in [-0.25, -0.2) is 0 Å². The van der Waals surface area contributed by atoms with Gasteiger partial charge in [0, 0.05) is 12.8 Å². The lowest BCUT2D eigenvalue weighted by molar-refractivity contribution is -0.148. The smallest absolute Gasteiger partial charge is 0.306 e. The van der Waals surface area contributed by atoms with Crippen molar-refractivity contribution in [3.8, 4) is 0 Å². The summed E-state index contributed by atoms with van der Waals surface area (Å²) in [5, 5.41) is 8.62. The first-order valence-corrected chi connectivity index (χ1v) is 15.2. The van der Waals surface area contributed by atoms with Gasteiger partial charge in [-0.15, -0.1) is 0 Å². The summed E-state index contributed by atoms with van der Waals surface area (Å²) in [5.41, 5.74) is 0. The Balaban J connectivity index is 3.53. The number of unbranched alkanes of at least 4 members (excludes halogenated alkanes) is 9. The molecule has 4 nitrogen and oxygen atoms in total. The first kappa shape index (κ1) is 35.6. The van der Waals surface area contributed by atoms with Gasteiger partial charge in [0.05, 0.1) is 6.10 Å². The predicted octanol–water partition coefficient (Wildman–Crippen LogP) is 10.2. The Hall–Kier alpha value is -2.36. The second kappa shape index (κ2) is 29.2. The standard InChI is InChI=1S/C34H56O4/c1-3-4-5-6-7-8-9-10-11-12-13-14-15-19-22-25-28-31-34(37)38-32(2)29-26-23-20-17-16-18-21-24-27-30-33(35)36/h4-5,7-8,10-11,13-14,19,22,32H,3,6,9,12,15-18,20-21,23-31H2,1-2H3,(H,35,36)/b5-4-,8-7-,11-10-,14-13-,22-19-. The molecule has 0 aromatic carbocycles. The van der Waals surface area contributed by atoms with Crippen molar-refractivity contribution in [1.82, 2.24) is 0 Å². The highest BCUT2D eigenvalue weighted by Gasteiger charge is 2.08. The molecule has 0 aromatic rings. The largest absolute Gasteiger partial charge is 0.481 e. The summed E-state index contributed by atoms with van der Waals surface area (Å²) in [6.07, 6.45) is 40.6.